The molecule has 0 unspecified atom stereocenters. The summed E-state index contributed by atoms with van der Waals surface area (Å²) in [5.41, 5.74) is 2.56. The fraction of sp³-hybridized carbons (Fsp3) is 0.619. The minimum Gasteiger partial charge on any atom is -0.360 e. The van der Waals surface area contributed by atoms with Crippen LogP contribution in [0.5, 0.6) is 0 Å². The van der Waals surface area contributed by atoms with Crippen molar-refractivity contribution in [3.8, 4) is 0 Å². The molecule has 0 spiro atoms. The monoisotopic (exact) mass is 373 g/mol. The molecule has 2 fully saturated rings. The van der Waals surface area contributed by atoms with E-state index in [0.29, 0.717) is 0 Å². The number of nitrogens with zero attached hydrogens (tertiary/aromatic N) is 1. The summed E-state index contributed by atoms with van der Waals surface area (Å²) < 4.78 is 0. The van der Waals surface area contributed by atoms with Crippen molar-refractivity contribution in [2.24, 2.45) is 0 Å². The molecule has 1 heterocycles. The van der Waals surface area contributed by atoms with Crippen LogP contribution in [0.2, 0.25) is 0 Å². The van der Waals surface area contributed by atoms with Crippen LogP contribution in [0.25, 0.3) is 0 Å². The van der Waals surface area contributed by atoms with Crippen molar-refractivity contribution in [3.63, 3.8) is 0 Å². The molecular weight excluding hydrogens is 340 g/mol. The van der Waals surface area contributed by atoms with Gasteiger partial charge in [0.05, 0.1) is 26.2 Å². The first-order chi connectivity index (χ1) is 13.0. The van der Waals surface area contributed by atoms with Crippen molar-refractivity contribution in [1.82, 2.24) is 10.6 Å². The Morgan fingerprint density at radius 3 is 2.44 bits per heavy atom. The Labute approximate surface area is 162 Å². The maximum absolute atomic E-state index is 12.5. The van der Waals surface area contributed by atoms with Crippen LogP contribution < -0.4 is 20.4 Å². The molecule has 1 aliphatic heterocycles. The number of hydrogen-bond acceptors (Lipinski definition) is 3. The highest BCUT2D eigenvalue weighted by Gasteiger charge is 2.30. The number of anilines is 1. The van der Waals surface area contributed by atoms with E-state index in [2.05, 4.69) is 46.7 Å². The first-order valence-corrected chi connectivity index (χ1v) is 10.3. The second-order valence-electron chi connectivity index (χ2n) is 7.95. The van der Waals surface area contributed by atoms with Gasteiger partial charge < -0.3 is 15.1 Å². The minimum absolute atomic E-state index is 0.178. The number of piperazine rings is 1. The predicted octanol–water partition coefficient (Wildman–Crippen LogP) is 1.25. The van der Waals surface area contributed by atoms with Gasteiger partial charge in [-0.3, -0.25) is 10.1 Å². The van der Waals surface area contributed by atoms with Crippen molar-refractivity contribution < 1.29 is 14.5 Å². The zero-order valence-corrected chi connectivity index (χ0v) is 16.6. The molecule has 6 nitrogen and oxygen atoms in total. The number of rotatable bonds is 4. The Morgan fingerprint density at radius 1 is 1.11 bits per heavy atom. The summed E-state index contributed by atoms with van der Waals surface area (Å²) in [6.45, 7) is 7.69. The first kappa shape index (κ1) is 19.7. The van der Waals surface area contributed by atoms with Crippen LogP contribution in [-0.2, 0) is 4.79 Å². The van der Waals surface area contributed by atoms with Gasteiger partial charge in [0.1, 0.15) is 0 Å². The average molecular weight is 374 g/mol. The number of quaternary nitrogens is 1. The molecule has 1 saturated carbocycles. The van der Waals surface area contributed by atoms with E-state index in [1.54, 1.807) is 0 Å². The Bertz CT molecular complexity index is 649. The summed E-state index contributed by atoms with van der Waals surface area (Å²) in [5, 5.41) is 5.51. The largest absolute Gasteiger partial charge is 0.360 e. The van der Waals surface area contributed by atoms with Crippen LogP contribution in [0.3, 0.4) is 0 Å². The van der Waals surface area contributed by atoms with Crippen molar-refractivity contribution in [1.29, 1.82) is 0 Å². The molecule has 1 saturated heterocycles. The number of aryl methyl sites for hydroxylation is 1. The molecule has 148 valence electrons. The van der Waals surface area contributed by atoms with Gasteiger partial charge in [-0.15, -0.1) is 0 Å². The fourth-order valence-electron chi connectivity index (χ4n) is 4.26. The van der Waals surface area contributed by atoms with E-state index in [1.165, 1.54) is 22.6 Å². The number of hydrogen-bond donors (Lipinski definition) is 3. The summed E-state index contributed by atoms with van der Waals surface area (Å²) in [6.07, 6.45) is 5.59. The zero-order valence-electron chi connectivity index (χ0n) is 16.6. The molecule has 0 aromatic heterocycles. The van der Waals surface area contributed by atoms with Gasteiger partial charge in [-0.05, 0) is 38.3 Å². The van der Waals surface area contributed by atoms with Gasteiger partial charge >= 0.3 is 6.03 Å². The van der Waals surface area contributed by atoms with Gasteiger partial charge in [0.25, 0.3) is 5.91 Å². The van der Waals surface area contributed by atoms with Crippen molar-refractivity contribution in [2.45, 2.75) is 58.0 Å². The molecular formula is C21H33N4O2+. The molecule has 27 heavy (non-hydrogen) atoms. The van der Waals surface area contributed by atoms with Crippen LogP contribution in [-0.4, -0.2) is 50.2 Å². The summed E-state index contributed by atoms with van der Waals surface area (Å²) in [7, 11) is 0. The smallest absolute Gasteiger partial charge is 0.321 e. The predicted molar refractivity (Wildman–Crippen MR) is 107 cm³/mol. The first-order valence-electron chi connectivity index (χ1n) is 10.3. The summed E-state index contributed by atoms with van der Waals surface area (Å²) in [6, 6.07) is 8.08. The lowest BCUT2D eigenvalue weighted by molar-refractivity contribution is -0.914. The third-order valence-corrected chi connectivity index (χ3v) is 6.04. The number of carbonyl (C=O) groups is 2. The standard InChI is InChI=1S/C21H32N4O2/c1-16-8-6-7-11-19(16)25-14-12-24(13-15-25)17(2)20(26)23-21(27)22-18-9-4-3-5-10-18/h6-8,11,17-18H,3-5,9-10,12-15H2,1-2H3,(H2,22,23,26,27)/p+1/t17-/m1/s1. The van der Waals surface area contributed by atoms with Crippen LogP contribution in [0.4, 0.5) is 10.5 Å². The number of urea groups is 1. The van der Waals surface area contributed by atoms with E-state index in [-0.39, 0.29) is 24.0 Å². The molecule has 3 N–H and O–H groups in total. The SMILES string of the molecule is Cc1ccccc1N1CC[NH+]([C@H](C)C(=O)NC(=O)NC2CCCCC2)CC1. The molecule has 1 aromatic carbocycles. The average Bonchev–Trinajstić information content (AvgIpc) is 2.68. The molecule has 3 rings (SSSR count). The Balaban J connectivity index is 1.45. The Morgan fingerprint density at radius 2 is 1.78 bits per heavy atom. The topological polar surface area (TPSA) is 65.9 Å². The summed E-state index contributed by atoms with van der Waals surface area (Å²) in [4.78, 5) is 28.2. The van der Waals surface area contributed by atoms with Gasteiger partial charge in [-0.25, -0.2) is 4.79 Å². The van der Waals surface area contributed by atoms with E-state index < -0.39 is 0 Å². The molecule has 0 radical (unpaired) electrons. The molecule has 3 amide bonds. The number of para-hydroxylation sites is 1. The van der Waals surface area contributed by atoms with Crippen LogP contribution in [0, 0.1) is 6.92 Å². The number of imide groups is 1. The van der Waals surface area contributed by atoms with Gasteiger partial charge in [0, 0.05) is 11.7 Å². The normalized spacial score (nSPS) is 20.1. The quantitative estimate of drug-likeness (QED) is 0.744. The molecule has 0 bridgehead atoms. The van der Waals surface area contributed by atoms with Gasteiger partial charge in [-0.1, -0.05) is 37.5 Å². The number of amides is 3. The van der Waals surface area contributed by atoms with Crippen LogP contribution in [0.15, 0.2) is 24.3 Å². The third-order valence-electron chi connectivity index (χ3n) is 6.04. The number of benzene rings is 1. The van der Waals surface area contributed by atoms with E-state index >= 15 is 0 Å². The second kappa shape index (κ2) is 9.22. The molecule has 2 aliphatic rings. The van der Waals surface area contributed by atoms with Gasteiger partial charge in [0.2, 0.25) is 0 Å². The summed E-state index contributed by atoms with van der Waals surface area (Å²) >= 11 is 0. The molecule has 1 aliphatic carbocycles. The van der Waals surface area contributed by atoms with Crippen LogP contribution >= 0.6 is 0 Å². The Hall–Kier alpha value is -2.08. The third kappa shape index (κ3) is 5.22. The lowest BCUT2D eigenvalue weighted by Crippen LogP contribution is -3.19. The maximum atomic E-state index is 12.5. The van der Waals surface area contributed by atoms with E-state index in [1.807, 2.05) is 6.92 Å². The molecule has 1 atom stereocenters. The maximum Gasteiger partial charge on any atom is 0.321 e. The van der Waals surface area contributed by atoms with Gasteiger partial charge in [-0.2, -0.15) is 0 Å². The number of carbonyl (C=O) groups excluding carboxylic acids is 2. The highest BCUT2D eigenvalue weighted by atomic mass is 16.2. The van der Waals surface area contributed by atoms with Crippen molar-refractivity contribution in [3.05, 3.63) is 29.8 Å². The van der Waals surface area contributed by atoms with Gasteiger partial charge in [0.15, 0.2) is 6.04 Å². The second-order valence-corrected chi connectivity index (χ2v) is 7.95. The van der Waals surface area contributed by atoms with Crippen LogP contribution in [0.1, 0.15) is 44.6 Å². The lowest BCUT2D eigenvalue weighted by atomic mass is 9.96. The van der Waals surface area contributed by atoms with E-state index in [4.69, 9.17) is 0 Å². The fourth-order valence-corrected chi connectivity index (χ4v) is 4.26. The van der Waals surface area contributed by atoms with Crippen molar-refractivity contribution in [2.75, 3.05) is 31.1 Å². The zero-order chi connectivity index (χ0) is 19.2. The lowest BCUT2D eigenvalue weighted by Gasteiger charge is -2.36. The summed E-state index contributed by atoms with van der Waals surface area (Å²) in [5.74, 6) is -0.178. The molecule has 6 heteroatoms. The highest BCUT2D eigenvalue weighted by Crippen LogP contribution is 2.19. The molecule has 1 aromatic rings. The Kier molecular flexibility index (Phi) is 6.72. The van der Waals surface area contributed by atoms with E-state index in [0.717, 1.165) is 51.9 Å². The van der Waals surface area contributed by atoms with E-state index in [9.17, 15) is 9.59 Å². The van der Waals surface area contributed by atoms with Crippen molar-refractivity contribution >= 4 is 17.6 Å². The minimum atomic E-state index is -0.336. The highest BCUT2D eigenvalue weighted by molar-refractivity contribution is 5.96. The number of nitrogens with one attached hydrogen (secondary N) is 3.